The number of amides is 3. The van der Waals surface area contributed by atoms with Crippen LogP contribution < -0.4 is 11.2 Å². The molecule has 2 aliphatic heterocycles. The van der Waals surface area contributed by atoms with Crippen molar-refractivity contribution in [3.8, 4) is 0 Å². The van der Waals surface area contributed by atoms with Crippen LogP contribution in [0.1, 0.15) is 45.7 Å². The quantitative estimate of drug-likeness (QED) is 0.199. The molecule has 44 heavy (non-hydrogen) atoms. The minimum absolute atomic E-state index is 0.0502. The molecule has 4 aromatic rings. The fourth-order valence-electron chi connectivity index (χ4n) is 5.93. The number of nitrogens with zero attached hydrogens (tertiary/aromatic N) is 4. The van der Waals surface area contributed by atoms with Gasteiger partial charge in [0.2, 0.25) is 0 Å². The van der Waals surface area contributed by atoms with E-state index in [2.05, 4.69) is 5.43 Å². The summed E-state index contributed by atoms with van der Waals surface area (Å²) in [4.78, 5) is 44.8. The second-order valence-electron chi connectivity index (χ2n) is 11.3. The van der Waals surface area contributed by atoms with Crippen molar-refractivity contribution < 1.29 is 19.1 Å². The summed E-state index contributed by atoms with van der Waals surface area (Å²) in [6.45, 7) is 1.00. The molecule has 3 amide bonds. The van der Waals surface area contributed by atoms with Crippen LogP contribution in [0.15, 0.2) is 72.8 Å². The number of rotatable bonds is 9. The molecular formula is C33H35N7O4. The van der Waals surface area contributed by atoms with Crippen molar-refractivity contribution in [2.45, 2.75) is 44.2 Å². The fourth-order valence-corrected chi connectivity index (χ4v) is 5.93. The highest BCUT2D eigenvalue weighted by molar-refractivity contribution is 6.00. The summed E-state index contributed by atoms with van der Waals surface area (Å²) in [7, 11) is 1.97. The molecule has 1 unspecified atom stereocenters. The zero-order valence-electron chi connectivity index (χ0n) is 24.5. The molecule has 2 aliphatic rings. The molecule has 0 bridgehead atoms. The summed E-state index contributed by atoms with van der Waals surface area (Å²) in [5.41, 5.74) is 13.5. The number of imide groups is 1. The Morgan fingerprint density at radius 1 is 0.977 bits per heavy atom. The zero-order chi connectivity index (χ0) is 30.8. The third kappa shape index (κ3) is 6.04. The van der Waals surface area contributed by atoms with Gasteiger partial charge >= 0.3 is 6.09 Å². The van der Waals surface area contributed by atoms with Gasteiger partial charge in [-0.15, -0.1) is 0 Å². The molecule has 2 fully saturated rings. The number of hydrogen-bond donors (Lipinski definition) is 3. The van der Waals surface area contributed by atoms with E-state index in [9.17, 15) is 14.4 Å². The molecule has 2 saturated heterocycles. The normalized spacial score (nSPS) is 17.7. The Balaban J connectivity index is 1.03. The lowest BCUT2D eigenvalue weighted by Gasteiger charge is -2.34. The van der Waals surface area contributed by atoms with Crippen molar-refractivity contribution >= 4 is 34.8 Å². The molecule has 0 radical (unpaired) electrons. The average Bonchev–Trinajstić information content (AvgIpc) is 3.50. The van der Waals surface area contributed by atoms with Gasteiger partial charge in [0.15, 0.2) is 6.10 Å². The van der Waals surface area contributed by atoms with E-state index < -0.39 is 12.2 Å². The van der Waals surface area contributed by atoms with Gasteiger partial charge in [0, 0.05) is 50.1 Å². The summed E-state index contributed by atoms with van der Waals surface area (Å²) in [6.07, 6.45) is 1.55. The maximum Gasteiger partial charge on any atom is 0.417 e. The van der Waals surface area contributed by atoms with Crippen LogP contribution in [0, 0.1) is 5.41 Å². The number of cyclic esters (lactones) is 1. The number of aryl methyl sites for hydroxylation is 3. The van der Waals surface area contributed by atoms with Crippen LogP contribution in [0.2, 0.25) is 0 Å². The molecular weight excluding hydrogens is 558 g/mol. The molecule has 1 aromatic heterocycles. The van der Waals surface area contributed by atoms with Crippen molar-refractivity contribution in [3.05, 3.63) is 101 Å². The Bertz CT molecular complexity index is 1710. The van der Waals surface area contributed by atoms with Crippen LogP contribution >= 0.6 is 0 Å². The van der Waals surface area contributed by atoms with Gasteiger partial charge in [-0.05, 0) is 48.6 Å². The first-order chi connectivity index (χ1) is 21.3. The van der Waals surface area contributed by atoms with Gasteiger partial charge in [-0.25, -0.2) is 19.7 Å². The molecule has 11 heteroatoms. The first-order valence-electron chi connectivity index (χ1n) is 14.8. The monoisotopic (exact) mass is 593 g/mol. The van der Waals surface area contributed by atoms with E-state index in [-0.39, 0.29) is 23.7 Å². The molecule has 11 nitrogen and oxygen atoms in total. The standard InChI is InChI=1S/C33H35N7O4/c1-38-27-13-12-24(20-26(27)36-29(38)14-9-21-7-10-23(11-8-21)30(34)35)31(41)37-39-17-15-25(16-18-39)40-32(42)28(44-33(40)43)19-22-5-3-2-4-6-22/h2-8,10-13,20,25,28H,9,14-19H2,1H3,(H3,34,35)(H,37,41). The van der Waals surface area contributed by atoms with E-state index in [0.717, 1.165) is 40.8 Å². The number of carbonyl (C=O) groups is 3. The van der Waals surface area contributed by atoms with E-state index in [1.54, 1.807) is 12.1 Å². The Labute approximate surface area is 255 Å². The molecule has 3 aromatic carbocycles. The third-order valence-corrected chi connectivity index (χ3v) is 8.44. The van der Waals surface area contributed by atoms with E-state index in [4.69, 9.17) is 20.9 Å². The van der Waals surface area contributed by atoms with E-state index in [1.165, 1.54) is 4.90 Å². The summed E-state index contributed by atoms with van der Waals surface area (Å²) >= 11 is 0. The summed E-state index contributed by atoms with van der Waals surface area (Å²) in [5, 5.41) is 9.38. The van der Waals surface area contributed by atoms with Gasteiger partial charge in [-0.2, -0.15) is 0 Å². The van der Waals surface area contributed by atoms with Crippen LogP contribution in [-0.2, 0) is 35.8 Å². The van der Waals surface area contributed by atoms with Crippen LogP contribution in [-0.4, -0.2) is 68.4 Å². The summed E-state index contributed by atoms with van der Waals surface area (Å²) in [6, 6.07) is 22.4. The Morgan fingerprint density at radius 2 is 1.68 bits per heavy atom. The molecule has 4 N–H and O–H groups in total. The number of aromatic nitrogens is 2. The Morgan fingerprint density at radius 3 is 2.39 bits per heavy atom. The van der Waals surface area contributed by atoms with Gasteiger partial charge in [0.05, 0.1) is 11.0 Å². The number of carbonyl (C=O) groups excluding carboxylic acids is 3. The van der Waals surface area contributed by atoms with Crippen molar-refractivity contribution in [1.29, 1.82) is 5.41 Å². The third-order valence-electron chi connectivity index (χ3n) is 8.44. The number of amidine groups is 1. The van der Waals surface area contributed by atoms with Crippen molar-refractivity contribution in [2.24, 2.45) is 12.8 Å². The predicted octanol–water partition coefficient (Wildman–Crippen LogP) is 3.34. The number of benzene rings is 3. The number of ether oxygens (including phenoxy) is 1. The minimum atomic E-state index is -0.802. The highest BCUT2D eigenvalue weighted by atomic mass is 16.6. The Kier molecular flexibility index (Phi) is 8.12. The van der Waals surface area contributed by atoms with Gasteiger partial charge < -0.3 is 15.0 Å². The Hall–Kier alpha value is -5.03. The van der Waals surface area contributed by atoms with Crippen molar-refractivity contribution in [1.82, 2.24) is 24.9 Å². The molecule has 6 rings (SSSR count). The lowest BCUT2D eigenvalue weighted by Crippen LogP contribution is -2.52. The average molecular weight is 594 g/mol. The number of hydrogen-bond acceptors (Lipinski definition) is 7. The molecule has 3 heterocycles. The van der Waals surface area contributed by atoms with Crippen LogP contribution in [0.25, 0.3) is 11.0 Å². The van der Waals surface area contributed by atoms with Crippen molar-refractivity contribution in [2.75, 3.05) is 13.1 Å². The smallest absolute Gasteiger partial charge is 0.417 e. The number of hydrazine groups is 1. The first-order valence-corrected chi connectivity index (χ1v) is 14.8. The number of nitrogens with one attached hydrogen (secondary N) is 2. The van der Waals surface area contributed by atoms with E-state index >= 15 is 0 Å². The topological polar surface area (TPSA) is 147 Å². The van der Waals surface area contributed by atoms with Gasteiger partial charge in [-0.3, -0.25) is 20.4 Å². The highest BCUT2D eigenvalue weighted by Crippen LogP contribution is 2.25. The summed E-state index contributed by atoms with van der Waals surface area (Å²) < 4.78 is 7.47. The summed E-state index contributed by atoms with van der Waals surface area (Å²) in [5.74, 6) is 0.434. The molecule has 0 aliphatic carbocycles. The second-order valence-corrected chi connectivity index (χ2v) is 11.3. The van der Waals surface area contributed by atoms with Crippen LogP contribution in [0.5, 0.6) is 0 Å². The first kappa shape index (κ1) is 29.1. The van der Waals surface area contributed by atoms with E-state index in [0.29, 0.717) is 43.5 Å². The largest absolute Gasteiger partial charge is 0.435 e. The van der Waals surface area contributed by atoms with Crippen LogP contribution in [0.4, 0.5) is 4.79 Å². The van der Waals surface area contributed by atoms with Crippen molar-refractivity contribution in [3.63, 3.8) is 0 Å². The maximum atomic E-state index is 13.1. The SMILES string of the molecule is Cn1c(CCc2ccc(C(=N)N)cc2)nc2cc(C(=O)NN3CCC(N4C(=O)OC(Cc5ccccc5)C4=O)CC3)ccc21. The predicted molar refractivity (Wildman–Crippen MR) is 165 cm³/mol. The second kappa shape index (κ2) is 12.3. The molecule has 226 valence electrons. The van der Waals surface area contributed by atoms with Gasteiger partial charge in [0.1, 0.15) is 11.7 Å². The van der Waals surface area contributed by atoms with E-state index in [1.807, 2.05) is 77.3 Å². The van der Waals surface area contributed by atoms with Crippen LogP contribution in [0.3, 0.4) is 0 Å². The lowest BCUT2D eigenvalue weighted by atomic mass is 10.0. The minimum Gasteiger partial charge on any atom is -0.435 e. The van der Waals surface area contributed by atoms with Gasteiger partial charge in [0.25, 0.3) is 11.8 Å². The fraction of sp³-hybridized carbons (Fsp3) is 0.303. The van der Waals surface area contributed by atoms with Gasteiger partial charge in [-0.1, -0.05) is 54.6 Å². The highest BCUT2D eigenvalue weighted by Gasteiger charge is 2.45. The zero-order valence-corrected chi connectivity index (χ0v) is 24.5. The number of nitrogens with two attached hydrogens (primary N) is 1. The molecule has 0 saturated carbocycles. The number of piperidine rings is 1. The number of fused-ring (bicyclic) bond motifs is 1. The number of nitrogen functional groups attached to an aromatic ring is 1. The molecule has 0 spiro atoms. The maximum absolute atomic E-state index is 13.1. The molecule has 1 atom stereocenters. The lowest BCUT2D eigenvalue weighted by molar-refractivity contribution is -0.131. The number of imidazole rings is 1.